The highest BCUT2D eigenvalue weighted by Gasteiger charge is 2.43. The number of carbonyl (C=O) groups is 1. The Hall–Kier alpha value is -1.00. The third-order valence-corrected chi connectivity index (χ3v) is 5.37. The number of thioether (sulfide) groups is 1. The summed E-state index contributed by atoms with van der Waals surface area (Å²) < 4.78 is 11.8. The monoisotopic (exact) mass is 308 g/mol. The molecule has 0 radical (unpaired) electrons. The SMILES string of the molecule is CCC1O[C@H](Sc2ccccc2)C(OC(C)=O)[C@@H](C)[C@H]1C. The standard InChI is InChI=1S/C17H24O3S/c1-5-15-11(2)12(3)16(19-13(4)18)17(20-15)21-14-9-7-6-8-10-14/h6-12,15-17H,5H2,1-4H3/t11-,12+,15?,16?,17-/m1/s1. The Balaban J connectivity index is 2.18. The fourth-order valence-corrected chi connectivity index (χ4v) is 4.03. The largest absolute Gasteiger partial charge is 0.459 e. The maximum atomic E-state index is 11.4. The summed E-state index contributed by atoms with van der Waals surface area (Å²) in [5.74, 6) is 0.428. The van der Waals surface area contributed by atoms with E-state index in [1.807, 2.05) is 18.2 Å². The minimum Gasteiger partial charge on any atom is -0.459 e. The van der Waals surface area contributed by atoms with Gasteiger partial charge in [-0.15, -0.1) is 0 Å². The van der Waals surface area contributed by atoms with Crippen LogP contribution in [0.15, 0.2) is 35.2 Å². The van der Waals surface area contributed by atoms with E-state index in [-0.39, 0.29) is 29.5 Å². The van der Waals surface area contributed by atoms with Crippen LogP contribution in [0.3, 0.4) is 0 Å². The molecule has 2 rings (SSSR count). The minimum absolute atomic E-state index is 0.146. The van der Waals surface area contributed by atoms with Crippen molar-refractivity contribution in [1.29, 1.82) is 0 Å². The van der Waals surface area contributed by atoms with Crippen molar-refractivity contribution in [1.82, 2.24) is 0 Å². The molecule has 0 aliphatic carbocycles. The molecule has 0 amide bonds. The highest BCUT2D eigenvalue weighted by molar-refractivity contribution is 7.99. The molecule has 0 N–H and O–H groups in total. The number of rotatable bonds is 4. The van der Waals surface area contributed by atoms with E-state index < -0.39 is 0 Å². The highest BCUT2D eigenvalue weighted by atomic mass is 32.2. The fourth-order valence-electron chi connectivity index (χ4n) is 2.81. The first-order valence-corrected chi connectivity index (χ1v) is 8.45. The maximum Gasteiger partial charge on any atom is 0.303 e. The van der Waals surface area contributed by atoms with Gasteiger partial charge in [-0.1, -0.05) is 50.7 Å². The first kappa shape index (κ1) is 16.4. The summed E-state index contributed by atoms with van der Waals surface area (Å²) >= 11 is 1.64. The third-order valence-electron chi connectivity index (χ3n) is 4.21. The third kappa shape index (κ3) is 4.01. The van der Waals surface area contributed by atoms with Crippen LogP contribution < -0.4 is 0 Å². The summed E-state index contributed by atoms with van der Waals surface area (Å²) in [6.45, 7) is 7.94. The van der Waals surface area contributed by atoms with Gasteiger partial charge in [-0.25, -0.2) is 0 Å². The zero-order valence-electron chi connectivity index (χ0n) is 13.1. The van der Waals surface area contributed by atoms with Crippen LogP contribution in [0, 0.1) is 11.8 Å². The smallest absolute Gasteiger partial charge is 0.303 e. The first-order chi connectivity index (χ1) is 10.0. The molecule has 1 heterocycles. The van der Waals surface area contributed by atoms with Gasteiger partial charge in [0.25, 0.3) is 0 Å². The van der Waals surface area contributed by atoms with Crippen molar-refractivity contribution < 1.29 is 14.3 Å². The number of esters is 1. The van der Waals surface area contributed by atoms with E-state index in [0.29, 0.717) is 5.92 Å². The van der Waals surface area contributed by atoms with Gasteiger partial charge in [0.1, 0.15) is 11.5 Å². The van der Waals surface area contributed by atoms with Gasteiger partial charge in [0.05, 0.1) is 6.10 Å². The lowest BCUT2D eigenvalue weighted by Gasteiger charge is -2.43. The molecule has 3 nitrogen and oxygen atoms in total. The van der Waals surface area contributed by atoms with Crippen LogP contribution in [0.25, 0.3) is 0 Å². The van der Waals surface area contributed by atoms with Crippen LogP contribution in [0.2, 0.25) is 0 Å². The van der Waals surface area contributed by atoms with E-state index in [9.17, 15) is 4.79 Å². The van der Waals surface area contributed by atoms with E-state index in [2.05, 4.69) is 32.9 Å². The van der Waals surface area contributed by atoms with Crippen LogP contribution in [-0.2, 0) is 14.3 Å². The molecular formula is C17H24O3S. The second-order valence-corrected chi connectivity index (χ2v) is 6.85. The topological polar surface area (TPSA) is 35.5 Å². The Morgan fingerprint density at radius 3 is 2.48 bits per heavy atom. The Labute approximate surface area is 131 Å². The molecule has 0 bridgehead atoms. The second kappa shape index (κ2) is 7.32. The van der Waals surface area contributed by atoms with Gasteiger partial charge in [-0.05, 0) is 24.5 Å². The summed E-state index contributed by atoms with van der Waals surface area (Å²) in [7, 11) is 0. The van der Waals surface area contributed by atoms with Gasteiger partial charge < -0.3 is 9.47 Å². The highest BCUT2D eigenvalue weighted by Crippen LogP contribution is 2.40. The Bertz CT molecular complexity index is 462. The van der Waals surface area contributed by atoms with Crippen molar-refractivity contribution in [3.8, 4) is 0 Å². The number of carbonyl (C=O) groups excluding carboxylic acids is 1. The molecule has 21 heavy (non-hydrogen) atoms. The van der Waals surface area contributed by atoms with Gasteiger partial charge >= 0.3 is 5.97 Å². The predicted octanol–water partition coefficient (Wildman–Crippen LogP) is 4.12. The van der Waals surface area contributed by atoms with Crippen molar-refractivity contribution in [2.45, 2.75) is 56.7 Å². The van der Waals surface area contributed by atoms with Gasteiger partial charge in [-0.2, -0.15) is 0 Å². The van der Waals surface area contributed by atoms with Crippen LogP contribution >= 0.6 is 11.8 Å². The van der Waals surface area contributed by atoms with Crippen molar-refractivity contribution in [2.75, 3.05) is 0 Å². The van der Waals surface area contributed by atoms with E-state index in [1.54, 1.807) is 11.8 Å². The van der Waals surface area contributed by atoms with Crippen LogP contribution in [0.1, 0.15) is 34.1 Å². The molecule has 2 unspecified atom stereocenters. The molecule has 1 aromatic carbocycles. The Kier molecular flexibility index (Phi) is 5.71. The van der Waals surface area contributed by atoms with Gasteiger partial charge in [0.15, 0.2) is 0 Å². The quantitative estimate of drug-likeness (QED) is 0.784. The van der Waals surface area contributed by atoms with Crippen molar-refractivity contribution >= 4 is 17.7 Å². The molecule has 1 aromatic rings. The summed E-state index contributed by atoms with van der Waals surface area (Å²) in [6.07, 6.45) is 0.989. The van der Waals surface area contributed by atoms with E-state index in [1.165, 1.54) is 6.92 Å². The van der Waals surface area contributed by atoms with E-state index in [4.69, 9.17) is 9.47 Å². The predicted molar refractivity (Wildman–Crippen MR) is 85.1 cm³/mol. The summed E-state index contributed by atoms with van der Waals surface area (Å²) in [5, 5.41) is 0. The Morgan fingerprint density at radius 1 is 1.24 bits per heavy atom. The minimum atomic E-state index is -0.240. The molecule has 4 heteroatoms. The van der Waals surface area contributed by atoms with Gasteiger partial charge in [0.2, 0.25) is 0 Å². The number of benzene rings is 1. The second-order valence-electron chi connectivity index (χ2n) is 5.67. The van der Waals surface area contributed by atoms with Crippen LogP contribution in [0.5, 0.6) is 0 Å². The van der Waals surface area contributed by atoms with Crippen LogP contribution in [0.4, 0.5) is 0 Å². The average molecular weight is 308 g/mol. The Morgan fingerprint density at radius 2 is 1.90 bits per heavy atom. The normalized spacial score (nSPS) is 32.7. The maximum absolute atomic E-state index is 11.4. The molecule has 1 aliphatic heterocycles. The van der Waals surface area contributed by atoms with Crippen molar-refractivity contribution in [3.05, 3.63) is 30.3 Å². The molecule has 5 atom stereocenters. The zero-order chi connectivity index (χ0) is 15.4. The lowest BCUT2D eigenvalue weighted by Crippen LogP contribution is -2.49. The molecule has 1 aliphatic rings. The molecule has 116 valence electrons. The lowest BCUT2D eigenvalue weighted by atomic mass is 9.83. The first-order valence-electron chi connectivity index (χ1n) is 7.57. The molecule has 1 fully saturated rings. The molecular weight excluding hydrogens is 284 g/mol. The van der Waals surface area contributed by atoms with Crippen LogP contribution in [-0.4, -0.2) is 23.6 Å². The lowest BCUT2D eigenvalue weighted by molar-refractivity contribution is -0.176. The van der Waals surface area contributed by atoms with Crippen molar-refractivity contribution in [2.24, 2.45) is 11.8 Å². The van der Waals surface area contributed by atoms with Crippen molar-refractivity contribution in [3.63, 3.8) is 0 Å². The number of ether oxygens (including phenoxy) is 2. The molecule has 0 spiro atoms. The molecule has 0 aromatic heterocycles. The zero-order valence-corrected chi connectivity index (χ0v) is 13.9. The van der Waals surface area contributed by atoms with E-state index >= 15 is 0 Å². The fraction of sp³-hybridized carbons (Fsp3) is 0.588. The molecule has 0 saturated carbocycles. The number of hydrogen-bond donors (Lipinski definition) is 0. The summed E-state index contributed by atoms with van der Waals surface area (Å²) in [6, 6.07) is 10.1. The van der Waals surface area contributed by atoms with E-state index in [0.717, 1.165) is 11.3 Å². The number of hydrogen-bond acceptors (Lipinski definition) is 4. The average Bonchev–Trinajstić information content (AvgIpc) is 2.47. The van der Waals surface area contributed by atoms with Gasteiger partial charge in [0, 0.05) is 17.7 Å². The summed E-state index contributed by atoms with van der Waals surface area (Å²) in [5.41, 5.74) is -0.146. The summed E-state index contributed by atoms with van der Waals surface area (Å²) in [4.78, 5) is 12.6. The van der Waals surface area contributed by atoms with Gasteiger partial charge in [-0.3, -0.25) is 4.79 Å². The molecule has 1 saturated heterocycles.